The summed E-state index contributed by atoms with van der Waals surface area (Å²) in [5, 5.41) is 0.222. The molecule has 0 spiro atoms. The van der Waals surface area contributed by atoms with Gasteiger partial charge >= 0.3 is 0 Å². The lowest BCUT2D eigenvalue weighted by atomic mass is 10.1. The van der Waals surface area contributed by atoms with Crippen LogP contribution >= 0.6 is 11.6 Å². The molecule has 1 aliphatic rings. The highest BCUT2D eigenvalue weighted by molar-refractivity contribution is 6.20. The number of carbonyl (C=O) groups excluding carboxylic acids is 1. The van der Waals surface area contributed by atoms with E-state index in [9.17, 15) is 4.79 Å². The Labute approximate surface area is 100 Å². The molecular weight excluding hydrogens is 224 g/mol. The van der Waals surface area contributed by atoms with Gasteiger partial charge in [-0.25, -0.2) is 0 Å². The molecule has 2 heterocycles. The lowest BCUT2D eigenvalue weighted by molar-refractivity contribution is 0.0726. The third kappa shape index (κ3) is 2.53. The van der Waals surface area contributed by atoms with Crippen molar-refractivity contribution in [1.29, 1.82) is 0 Å². The number of piperidine rings is 1. The lowest BCUT2D eigenvalue weighted by Crippen LogP contribution is -2.38. The fraction of sp³-hybridized carbons (Fsp3) is 0.500. The number of hydrogen-bond donors (Lipinski definition) is 0. The lowest BCUT2D eigenvalue weighted by Gasteiger charge is -2.29. The van der Waals surface area contributed by atoms with E-state index >= 15 is 0 Å². The minimum Gasteiger partial charge on any atom is -0.338 e. The van der Waals surface area contributed by atoms with Gasteiger partial charge in [0.15, 0.2) is 0 Å². The number of aromatic nitrogens is 1. The van der Waals surface area contributed by atoms with E-state index in [0.717, 1.165) is 31.5 Å². The maximum Gasteiger partial charge on any atom is 0.255 e. The van der Waals surface area contributed by atoms with Gasteiger partial charge in [0.05, 0.1) is 5.56 Å². The maximum absolute atomic E-state index is 12.1. The van der Waals surface area contributed by atoms with Crippen molar-refractivity contribution in [2.24, 2.45) is 0 Å². The van der Waals surface area contributed by atoms with Crippen molar-refractivity contribution >= 4 is 17.5 Å². The van der Waals surface area contributed by atoms with Crippen molar-refractivity contribution in [2.75, 3.05) is 13.1 Å². The highest BCUT2D eigenvalue weighted by Crippen LogP contribution is 2.17. The van der Waals surface area contributed by atoms with E-state index in [4.69, 9.17) is 11.6 Å². The SMILES string of the molecule is Cc1cncc(C(=O)N2CCC(Cl)CC2)c1. The minimum absolute atomic E-state index is 0.0692. The van der Waals surface area contributed by atoms with Crippen molar-refractivity contribution < 1.29 is 4.79 Å². The molecule has 0 aliphatic carbocycles. The van der Waals surface area contributed by atoms with Crippen molar-refractivity contribution in [3.8, 4) is 0 Å². The second-order valence-electron chi connectivity index (χ2n) is 4.22. The van der Waals surface area contributed by atoms with E-state index in [1.807, 2.05) is 17.9 Å². The number of aryl methyl sites for hydroxylation is 1. The molecule has 0 unspecified atom stereocenters. The first-order valence-electron chi connectivity index (χ1n) is 5.52. The summed E-state index contributed by atoms with van der Waals surface area (Å²) in [6.45, 7) is 3.44. The average molecular weight is 239 g/mol. The first kappa shape index (κ1) is 11.4. The van der Waals surface area contributed by atoms with Crippen LogP contribution in [0.4, 0.5) is 0 Å². The molecule has 16 heavy (non-hydrogen) atoms. The predicted octanol–water partition coefficient (Wildman–Crippen LogP) is 2.23. The number of hydrogen-bond acceptors (Lipinski definition) is 2. The Morgan fingerprint density at radius 3 is 2.75 bits per heavy atom. The van der Waals surface area contributed by atoms with Crippen LogP contribution in [0, 0.1) is 6.92 Å². The third-order valence-corrected chi connectivity index (χ3v) is 3.27. The van der Waals surface area contributed by atoms with Gasteiger partial charge in [0.1, 0.15) is 0 Å². The first-order chi connectivity index (χ1) is 7.66. The van der Waals surface area contributed by atoms with Gasteiger partial charge in [-0.3, -0.25) is 9.78 Å². The van der Waals surface area contributed by atoms with Gasteiger partial charge in [-0.1, -0.05) is 0 Å². The molecule has 1 fully saturated rings. The molecule has 86 valence electrons. The summed E-state index contributed by atoms with van der Waals surface area (Å²) in [6, 6.07) is 1.88. The smallest absolute Gasteiger partial charge is 0.255 e. The van der Waals surface area contributed by atoms with Gasteiger partial charge in [-0.05, 0) is 31.4 Å². The van der Waals surface area contributed by atoms with Crippen molar-refractivity contribution in [1.82, 2.24) is 9.88 Å². The van der Waals surface area contributed by atoms with Gasteiger partial charge in [0.2, 0.25) is 0 Å². The summed E-state index contributed by atoms with van der Waals surface area (Å²) >= 11 is 6.01. The molecule has 4 heteroatoms. The van der Waals surface area contributed by atoms with Crippen molar-refractivity contribution in [3.05, 3.63) is 29.6 Å². The summed E-state index contributed by atoms with van der Waals surface area (Å²) in [5.41, 5.74) is 1.69. The van der Waals surface area contributed by atoms with Gasteiger partial charge < -0.3 is 4.90 Å². The van der Waals surface area contributed by atoms with Crippen molar-refractivity contribution in [2.45, 2.75) is 25.1 Å². The Morgan fingerprint density at radius 1 is 1.44 bits per heavy atom. The fourth-order valence-corrected chi connectivity index (χ4v) is 2.10. The molecule has 0 bridgehead atoms. The van der Waals surface area contributed by atoms with E-state index in [2.05, 4.69) is 4.98 Å². The number of pyridine rings is 1. The highest BCUT2D eigenvalue weighted by atomic mass is 35.5. The molecule has 2 rings (SSSR count). The van der Waals surface area contributed by atoms with Gasteiger partial charge in [0, 0.05) is 30.9 Å². The molecule has 1 aromatic rings. The summed E-state index contributed by atoms with van der Waals surface area (Å²) in [4.78, 5) is 18.0. The fourth-order valence-electron chi connectivity index (χ4n) is 1.91. The van der Waals surface area contributed by atoms with Crippen molar-refractivity contribution in [3.63, 3.8) is 0 Å². The van der Waals surface area contributed by atoms with E-state index in [1.165, 1.54) is 0 Å². The third-order valence-electron chi connectivity index (χ3n) is 2.83. The van der Waals surface area contributed by atoms with E-state index < -0.39 is 0 Å². The quantitative estimate of drug-likeness (QED) is 0.703. The molecule has 1 aromatic heterocycles. The van der Waals surface area contributed by atoms with Crippen LogP contribution in [0.25, 0.3) is 0 Å². The Hall–Kier alpha value is -1.09. The summed E-state index contributed by atoms with van der Waals surface area (Å²) in [7, 11) is 0. The van der Waals surface area contributed by atoms with Crippen LogP contribution in [-0.4, -0.2) is 34.3 Å². The molecule has 3 nitrogen and oxygen atoms in total. The highest BCUT2D eigenvalue weighted by Gasteiger charge is 2.22. The summed E-state index contributed by atoms with van der Waals surface area (Å²) in [5.74, 6) is 0.0692. The van der Waals surface area contributed by atoms with Crippen LogP contribution in [0.2, 0.25) is 0 Å². The number of carbonyl (C=O) groups is 1. The van der Waals surface area contributed by atoms with Gasteiger partial charge in [-0.15, -0.1) is 11.6 Å². The Morgan fingerprint density at radius 2 is 2.12 bits per heavy atom. The normalized spacial score (nSPS) is 17.5. The van der Waals surface area contributed by atoms with Crippen LogP contribution in [0.15, 0.2) is 18.5 Å². The average Bonchev–Trinajstić information content (AvgIpc) is 2.29. The first-order valence-corrected chi connectivity index (χ1v) is 5.95. The molecule has 0 aromatic carbocycles. The molecular formula is C12H15ClN2O. The number of halogens is 1. The Balaban J connectivity index is 2.08. The van der Waals surface area contributed by atoms with Crippen LogP contribution in [0.5, 0.6) is 0 Å². The van der Waals surface area contributed by atoms with Crippen LogP contribution in [0.3, 0.4) is 0 Å². The number of amides is 1. The number of alkyl halides is 1. The molecule has 1 aliphatic heterocycles. The molecule has 0 radical (unpaired) electrons. The van der Waals surface area contributed by atoms with Crippen LogP contribution in [0.1, 0.15) is 28.8 Å². The van der Waals surface area contributed by atoms with Gasteiger partial charge in [0.25, 0.3) is 5.91 Å². The molecule has 1 amide bonds. The molecule has 0 saturated carbocycles. The zero-order valence-electron chi connectivity index (χ0n) is 9.32. The number of nitrogens with zero attached hydrogens (tertiary/aromatic N) is 2. The topological polar surface area (TPSA) is 33.2 Å². The predicted molar refractivity (Wildman–Crippen MR) is 63.8 cm³/mol. The summed E-state index contributed by atoms with van der Waals surface area (Å²) in [6.07, 6.45) is 5.14. The van der Waals surface area contributed by atoms with E-state index in [-0.39, 0.29) is 11.3 Å². The molecule has 0 N–H and O–H groups in total. The molecule has 1 saturated heterocycles. The zero-order valence-corrected chi connectivity index (χ0v) is 10.1. The molecule has 0 atom stereocenters. The van der Waals surface area contributed by atoms with E-state index in [1.54, 1.807) is 12.4 Å². The Kier molecular flexibility index (Phi) is 3.44. The van der Waals surface area contributed by atoms with Crippen LogP contribution in [-0.2, 0) is 0 Å². The Bertz CT molecular complexity index is 386. The van der Waals surface area contributed by atoms with E-state index in [0.29, 0.717) is 5.56 Å². The monoisotopic (exact) mass is 238 g/mol. The number of rotatable bonds is 1. The summed E-state index contributed by atoms with van der Waals surface area (Å²) < 4.78 is 0. The second kappa shape index (κ2) is 4.83. The standard InChI is InChI=1S/C12H15ClN2O/c1-9-6-10(8-14-7-9)12(16)15-4-2-11(13)3-5-15/h6-8,11H,2-5H2,1H3. The zero-order chi connectivity index (χ0) is 11.5. The largest absolute Gasteiger partial charge is 0.338 e. The van der Waals surface area contributed by atoms with Crippen LogP contribution < -0.4 is 0 Å². The minimum atomic E-state index is 0.0692. The second-order valence-corrected chi connectivity index (χ2v) is 4.84. The maximum atomic E-state index is 12.1. The number of likely N-dealkylation sites (tertiary alicyclic amines) is 1. The van der Waals surface area contributed by atoms with Gasteiger partial charge in [-0.2, -0.15) is 0 Å².